The molecule has 1 aliphatic rings. The van der Waals surface area contributed by atoms with Gasteiger partial charge in [-0.15, -0.1) is 0 Å². The molecule has 3 nitrogen and oxygen atoms in total. The molecule has 4 heteroatoms. The van der Waals surface area contributed by atoms with Crippen LogP contribution < -0.4 is 14.5 Å². The summed E-state index contributed by atoms with van der Waals surface area (Å²) >= 11 is 2.56. The third kappa shape index (κ3) is 10.9. The van der Waals surface area contributed by atoms with Crippen LogP contribution in [0.2, 0.25) is 0 Å². The second-order valence-corrected chi connectivity index (χ2v) is 15.5. The first kappa shape index (κ1) is 44.9. The summed E-state index contributed by atoms with van der Waals surface area (Å²) < 4.78 is 8.10. The number of hydrogen-bond acceptors (Lipinski definition) is 3. The standard InChI is InChI=1S/C28H42N2.C17H18O.C2H6.CH3.Ru/c1-18(2)23-12-10-13-24(19(3)4)27(23)29-16-17-30(22(29)9)28-25(20(5)6)14-11-15-26(28)21(7)8;1-13(2)16-11-7-8-14(3)17(16)18-12-15-9-5-4-6-10-15;1-2;;/h10-15,18-22H,16-17H2,1-9H3;3-11,13H,12H2,1-2H3;1-2H3;1H3;/q;;;-1;+1. The number of para-hydroxylation sites is 3. The summed E-state index contributed by atoms with van der Waals surface area (Å²) in [6.07, 6.45) is 0.347. The molecule has 0 aliphatic carbocycles. The van der Waals surface area contributed by atoms with Crippen LogP contribution in [0, 0.1) is 7.43 Å². The molecule has 0 radical (unpaired) electrons. The van der Waals surface area contributed by atoms with E-state index >= 15 is 0 Å². The van der Waals surface area contributed by atoms with Crippen molar-refractivity contribution in [3.63, 3.8) is 0 Å². The van der Waals surface area contributed by atoms with Gasteiger partial charge in [-0.1, -0.05) is 106 Å². The molecule has 285 valence electrons. The maximum atomic E-state index is 6.06. The summed E-state index contributed by atoms with van der Waals surface area (Å²) in [6, 6.07) is 30.4. The van der Waals surface area contributed by atoms with E-state index < -0.39 is 0 Å². The maximum absolute atomic E-state index is 6.06. The van der Waals surface area contributed by atoms with Crippen LogP contribution in [0.4, 0.5) is 11.4 Å². The van der Waals surface area contributed by atoms with Gasteiger partial charge >= 0.3 is 125 Å². The third-order valence-electron chi connectivity index (χ3n) is 9.78. The first-order valence-electron chi connectivity index (χ1n) is 19.4. The van der Waals surface area contributed by atoms with Crippen molar-refractivity contribution in [2.75, 3.05) is 22.9 Å². The first-order valence-corrected chi connectivity index (χ1v) is 20.4. The molecule has 1 aliphatic heterocycles. The molecule has 1 heterocycles. The van der Waals surface area contributed by atoms with Gasteiger partial charge < -0.3 is 17.2 Å². The van der Waals surface area contributed by atoms with Crippen molar-refractivity contribution in [2.24, 2.45) is 0 Å². The van der Waals surface area contributed by atoms with E-state index in [1.54, 1.807) is 0 Å². The van der Waals surface area contributed by atoms with Gasteiger partial charge in [0.2, 0.25) is 0 Å². The van der Waals surface area contributed by atoms with E-state index in [4.69, 9.17) is 4.74 Å². The van der Waals surface area contributed by atoms with E-state index in [9.17, 15) is 0 Å². The molecule has 0 amide bonds. The minimum absolute atomic E-state index is 0. The maximum Gasteiger partial charge on any atom is -0.358 e. The van der Waals surface area contributed by atoms with E-state index in [1.165, 1.54) is 44.8 Å². The fourth-order valence-corrected chi connectivity index (χ4v) is 7.44. The summed E-state index contributed by atoms with van der Waals surface area (Å²) in [5.74, 6) is 3.55. The molecule has 0 atom stereocenters. The Morgan fingerprint density at radius 3 is 1.31 bits per heavy atom. The van der Waals surface area contributed by atoms with Crippen LogP contribution in [0.1, 0.15) is 159 Å². The predicted molar refractivity (Wildman–Crippen MR) is 228 cm³/mol. The summed E-state index contributed by atoms with van der Waals surface area (Å²) in [4.78, 5) is 5.35. The second-order valence-electron chi connectivity index (χ2n) is 15.0. The Hall–Kier alpha value is -3.23. The quantitative estimate of drug-likeness (QED) is 0.111. The zero-order valence-corrected chi connectivity index (χ0v) is 36.6. The topological polar surface area (TPSA) is 15.7 Å². The molecule has 0 unspecified atom stereocenters. The largest absolute Gasteiger partial charge is 0.358 e. The van der Waals surface area contributed by atoms with Gasteiger partial charge in [0.1, 0.15) is 0 Å². The number of benzene rings is 4. The monoisotopic (exact) mass is 791 g/mol. The van der Waals surface area contributed by atoms with E-state index in [-0.39, 0.29) is 7.43 Å². The van der Waals surface area contributed by atoms with Gasteiger partial charge in [-0.3, -0.25) is 0 Å². The Labute approximate surface area is 329 Å². The molecule has 1 saturated heterocycles. The zero-order valence-electron chi connectivity index (χ0n) is 34.9. The summed E-state index contributed by atoms with van der Waals surface area (Å²) in [5.41, 5.74) is 12.5. The smallest absolute Gasteiger partial charge is 0.358 e. The average Bonchev–Trinajstić information content (AvgIpc) is 3.51. The predicted octanol–water partition coefficient (Wildman–Crippen LogP) is 13.4. The van der Waals surface area contributed by atoms with Crippen molar-refractivity contribution in [1.29, 1.82) is 0 Å². The molecular formula is C48H69N2ORu. The average molecular weight is 791 g/mol. The number of rotatable bonds is 11. The summed E-state index contributed by atoms with van der Waals surface area (Å²) in [7, 11) is 0. The molecule has 0 aromatic heterocycles. The van der Waals surface area contributed by atoms with E-state index in [0.29, 0.717) is 42.4 Å². The van der Waals surface area contributed by atoms with Gasteiger partial charge in [0.05, 0.1) is 6.17 Å². The van der Waals surface area contributed by atoms with Crippen molar-refractivity contribution in [3.8, 4) is 5.75 Å². The van der Waals surface area contributed by atoms with E-state index in [0.717, 1.165) is 24.4 Å². The van der Waals surface area contributed by atoms with Gasteiger partial charge in [0.15, 0.2) is 0 Å². The molecule has 1 fully saturated rings. The van der Waals surface area contributed by atoms with Gasteiger partial charge in [0, 0.05) is 24.5 Å². The summed E-state index contributed by atoms with van der Waals surface area (Å²) in [5, 5.41) is 0. The van der Waals surface area contributed by atoms with E-state index in [2.05, 4.69) is 171 Å². The van der Waals surface area contributed by atoms with Crippen molar-refractivity contribution < 1.29 is 22.6 Å². The third-order valence-corrected chi connectivity index (χ3v) is 10.3. The molecule has 52 heavy (non-hydrogen) atoms. The van der Waals surface area contributed by atoms with Crippen LogP contribution in [0.15, 0.2) is 84.9 Å². The van der Waals surface area contributed by atoms with Gasteiger partial charge in [-0.25, -0.2) is 0 Å². The molecular weight excluding hydrogens is 722 g/mol. The number of nitrogens with zero attached hydrogens (tertiary/aromatic N) is 2. The second kappa shape index (κ2) is 21.5. The van der Waals surface area contributed by atoms with Crippen LogP contribution in [-0.2, 0) is 24.5 Å². The molecule has 0 saturated carbocycles. The van der Waals surface area contributed by atoms with Gasteiger partial charge in [0.25, 0.3) is 0 Å². The van der Waals surface area contributed by atoms with Crippen LogP contribution in [0.25, 0.3) is 0 Å². The van der Waals surface area contributed by atoms with Gasteiger partial charge in [-0.05, 0) is 52.8 Å². The van der Waals surface area contributed by atoms with Crippen molar-refractivity contribution in [3.05, 3.63) is 131 Å². The number of hydrogen-bond donors (Lipinski definition) is 0. The Kier molecular flexibility index (Phi) is 18.6. The molecule has 0 spiro atoms. The van der Waals surface area contributed by atoms with Crippen molar-refractivity contribution in [1.82, 2.24) is 0 Å². The minimum Gasteiger partial charge on any atom is -0.358 e. The molecule has 4 aromatic carbocycles. The zero-order chi connectivity index (χ0) is 37.8. The van der Waals surface area contributed by atoms with Crippen LogP contribution in [-0.4, -0.2) is 23.9 Å². The normalized spacial score (nSPS) is 12.9. The number of anilines is 2. The van der Waals surface area contributed by atoms with Gasteiger partial charge in [-0.2, -0.15) is 0 Å². The molecule has 0 N–H and O–H groups in total. The Morgan fingerprint density at radius 1 is 0.577 bits per heavy atom. The minimum atomic E-state index is 0. The Morgan fingerprint density at radius 2 is 0.942 bits per heavy atom. The molecule has 4 aromatic rings. The van der Waals surface area contributed by atoms with Crippen LogP contribution >= 0.6 is 0 Å². The van der Waals surface area contributed by atoms with Crippen LogP contribution in [0.5, 0.6) is 5.75 Å². The molecule has 5 rings (SSSR count). The van der Waals surface area contributed by atoms with Crippen molar-refractivity contribution >= 4 is 16.0 Å². The van der Waals surface area contributed by atoms with E-state index in [1.807, 2.05) is 36.7 Å². The fourth-order valence-electron chi connectivity index (χ4n) is 7.05. The number of ether oxygens (including phenoxy) is 1. The van der Waals surface area contributed by atoms with Crippen molar-refractivity contribution in [2.45, 2.75) is 132 Å². The molecule has 0 bridgehead atoms. The fraction of sp³-hybridized carbons (Fsp3) is 0.458. The Balaban J connectivity index is 0.000000368. The SMILES string of the molecule is CC.CC(C)c1cccc(C(C)C)c1N1CCN(c2c(C(C)C)cccc2C(C)C)C1C.CC(C)c1cccc([CH]=[Ru+])c1OCc1ccccc1.[CH3-]. The first-order chi connectivity index (χ1) is 24.4. The Bertz CT molecular complexity index is 1530. The summed E-state index contributed by atoms with van der Waals surface area (Å²) in [6.45, 7) is 32.2. The van der Waals surface area contributed by atoms with Crippen LogP contribution in [0.3, 0.4) is 0 Å².